The van der Waals surface area contributed by atoms with Gasteiger partial charge in [-0.2, -0.15) is 0 Å². The van der Waals surface area contributed by atoms with E-state index in [4.69, 9.17) is 4.89 Å². The van der Waals surface area contributed by atoms with E-state index in [1.54, 1.807) is 31.2 Å². The first-order valence-electron chi connectivity index (χ1n) is 6.29. The topological polar surface area (TPSA) is 95.5 Å². The molecule has 0 aromatic heterocycles. The van der Waals surface area contributed by atoms with Gasteiger partial charge in [-0.3, -0.25) is 14.2 Å². The van der Waals surface area contributed by atoms with Crippen molar-refractivity contribution in [2.24, 2.45) is 0 Å². The van der Waals surface area contributed by atoms with E-state index in [0.29, 0.717) is 17.7 Å². The summed E-state index contributed by atoms with van der Waals surface area (Å²) in [5, 5.41) is 5.25. The normalized spacial score (nSPS) is 13.3. The molecule has 0 spiro atoms. The number of anilines is 1. The average Bonchev–Trinajstić information content (AvgIpc) is 2.37. The summed E-state index contributed by atoms with van der Waals surface area (Å²) in [5.41, 5.74) is 1.06. The Labute approximate surface area is 118 Å². The molecular weight excluding hydrogens is 279 g/mol. The van der Waals surface area contributed by atoms with Crippen LogP contribution in [0, 0.1) is 0 Å². The highest BCUT2D eigenvalue weighted by Gasteiger charge is 2.11. The van der Waals surface area contributed by atoms with Crippen molar-refractivity contribution < 1.29 is 19.0 Å². The van der Waals surface area contributed by atoms with Crippen LogP contribution >= 0.6 is 7.37 Å². The molecule has 110 valence electrons. The van der Waals surface area contributed by atoms with E-state index in [1.807, 2.05) is 0 Å². The number of benzene rings is 1. The van der Waals surface area contributed by atoms with E-state index in [2.05, 4.69) is 10.6 Å². The molecule has 2 amide bonds. The Morgan fingerprint density at radius 2 is 1.85 bits per heavy atom. The summed E-state index contributed by atoms with van der Waals surface area (Å²) in [5.74, 6) is -0.407. The Morgan fingerprint density at radius 3 is 2.35 bits per heavy atom. The monoisotopic (exact) mass is 298 g/mol. The summed E-state index contributed by atoms with van der Waals surface area (Å²) in [6.45, 7) is 3.16. The van der Waals surface area contributed by atoms with Crippen LogP contribution in [0.5, 0.6) is 0 Å². The van der Waals surface area contributed by atoms with E-state index in [9.17, 15) is 14.2 Å². The van der Waals surface area contributed by atoms with Crippen molar-refractivity contribution in [1.29, 1.82) is 0 Å². The number of amides is 2. The maximum absolute atomic E-state index is 11.8. The van der Waals surface area contributed by atoms with Gasteiger partial charge in [0.1, 0.15) is 0 Å². The first kappa shape index (κ1) is 16.4. The van der Waals surface area contributed by atoms with Crippen LogP contribution in [-0.2, 0) is 9.36 Å². The Balaban J connectivity index is 2.53. The Morgan fingerprint density at radius 1 is 1.25 bits per heavy atom. The van der Waals surface area contributed by atoms with E-state index < -0.39 is 7.37 Å². The Bertz CT molecular complexity index is 522. The quantitative estimate of drug-likeness (QED) is 0.696. The van der Waals surface area contributed by atoms with Gasteiger partial charge in [0.15, 0.2) is 7.37 Å². The Kier molecular flexibility index (Phi) is 5.92. The summed E-state index contributed by atoms with van der Waals surface area (Å²) in [7, 11) is -3.10. The highest BCUT2D eigenvalue weighted by molar-refractivity contribution is 7.57. The predicted molar refractivity (Wildman–Crippen MR) is 78.3 cm³/mol. The third-order valence-electron chi connectivity index (χ3n) is 2.56. The smallest absolute Gasteiger partial charge is 0.251 e. The molecule has 1 aromatic carbocycles. The van der Waals surface area contributed by atoms with Gasteiger partial charge in [-0.15, -0.1) is 0 Å². The van der Waals surface area contributed by atoms with E-state index in [1.165, 1.54) is 6.66 Å². The lowest BCUT2D eigenvalue weighted by Crippen LogP contribution is -2.26. The summed E-state index contributed by atoms with van der Waals surface area (Å²) < 4.78 is 11.1. The molecule has 1 unspecified atom stereocenters. The van der Waals surface area contributed by atoms with Crippen molar-refractivity contribution in [2.45, 2.75) is 13.3 Å². The zero-order chi connectivity index (χ0) is 15.2. The van der Waals surface area contributed by atoms with Crippen molar-refractivity contribution in [3.8, 4) is 0 Å². The molecule has 0 aliphatic rings. The van der Waals surface area contributed by atoms with Gasteiger partial charge in [0, 0.05) is 37.0 Å². The van der Waals surface area contributed by atoms with Gasteiger partial charge in [-0.25, -0.2) is 0 Å². The third-order valence-corrected chi connectivity index (χ3v) is 3.62. The number of nitrogens with one attached hydrogen (secondary N) is 2. The molecule has 20 heavy (non-hydrogen) atoms. The summed E-state index contributed by atoms with van der Waals surface area (Å²) in [6.07, 6.45) is 0.434. The van der Waals surface area contributed by atoms with Crippen LogP contribution in [-0.4, -0.2) is 36.1 Å². The maximum Gasteiger partial charge on any atom is 0.251 e. The molecule has 3 N–H and O–H groups in total. The van der Waals surface area contributed by atoms with Crippen LogP contribution in [0.3, 0.4) is 0 Å². The second kappa shape index (κ2) is 7.22. The van der Waals surface area contributed by atoms with Gasteiger partial charge in [0.2, 0.25) is 5.91 Å². The van der Waals surface area contributed by atoms with Gasteiger partial charge >= 0.3 is 0 Å². The van der Waals surface area contributed by atoms with Gasteiger partial charge in [-0.1, -0.05) is 6.92 Å². The minimum absolute atomic E-state index is 0.0450. The third kappa shape index (κ3) is 5.99. The lowest BCUT2D eigenvalue weighted by Gasteiger charge is -2.08. The second-order valence-electron chi connectivity index (χ2n) is 4.51. The molecule has 1 aromatic rings. The Hall–Kier alpha value is -1.65. The van der Waals surface area contributed by atoms with Crippen LogP contribution in [0.15, 0.2) is 24.3 Å². The van der Waals surface area contributed by atoms with E-state index >= 15 is 0 Å². The number of hydrogen-bond donors (Lipinski definition) is 3. The highest BCUT2D eigenvalue weighted by atomic mass is 31.2. The van der Waals surface area contributed by atoms with Crippen LogP contribution in [0.1, 0.15) is 23.7 Å². The summed E-state index contributed by atoms with van der Waals surface area (Å²) in [4.78, 5) is 32.1. The standard InChI is InChI=1S/C13H19N2O4P/c1-3-12(16)15-11-6-4-10(5-7-11)13(17)14-8-9-20(2,18)19/h4-7H,3,8-9H2,1-2H3,(H,14,17)(H,15,16)(H,18,19). The highest BCUT2D eigenvalue weighted by Crippen LogP contribution is 2.33. The number of carbonyl (C=O) groups is 2. The molecule has 7 heteroatoms. The van der Waals surface area contributed by atoms with Crippen LogP contribution < -0.4 is 10.6 Å². The van der Waals surface area contributed by atoms with E-state index in [-0.39, 0.29) is 24.5 Å². The van der Waals surface area contributed by atoms with Gasteiger partial charge in [-0.05, 0) is 24.3 Å². The summed E-state index contributed by atoms with van der Waals surface area (Å²) in [6, 6.07) is 6.45. The van der Waals surface area contributed by atoms with Gasteiger partial charge < -0.3 is 15.5 Å². The zero-order valence-electron chi connectivity index (χ0n) is 11.5. The number of rotatable bonds is 6. The first-order chi connectivity index (χ1) is 9.31. The zero-order valence-corrected chi connectivity index (χ0v) is 12.4. The molecule has 0 bridgehead atoms. The largest absolute Gasteiger partial charge is 0.351 e. The number of carbonyl (C=O) groups excluding carboxylic acids is 2. The fourth-order valence-electron chi connectivity index (χ4n) is 1.43. The molecule has 0 saturated carbocycles. The fraction of sp³-hybridized carbons (Fsp3) is 0.385. The van der Waals surface area contributed by atoms with Crippen molar-refractivity contribution in [3.05, 3.63) is 29.8 Å². The molecule has 0 radical (unpaired) electrons. The average molecular weight is 298 g/mol. The lowest BCUT2D eigenvalue weighted by atomic mass is 10.2. The van der Waals surface area contributed by atoms with Crippen LogP contribution in [0.2, 0.25) is 0 Å². The molecule has 0 fully saturated rings. The lowest BCUT2D eigenvalue weighted by molar-refractivity contribution is -0.115. The molecule has 0 saturated heterocycles. The van der Waals surface area contributed by atoms with Crippen molar-refractivity contribution in [2.75, 3.05) is 24.7 Å². The molecule has 1 rings (SSSR count). The van der Waals surface area contributed by atoms with Crippen LogP contribution in [0.4, 0.5) is 5.69 Å². The first-order valence-corrected chi connectivity index (χ1v) is 8.58. The number of hydrogen-bond acceptors (Lipinski definition) is 3. The second-order valence-corrected chi connectivity index (χ2v) is 7.06. The molecular formula is C13H19N2O4P. The van der Waals surface area contributed by atoms with Gasteiger partial charge in [0.25, 0.3) is 5.91 Å². The molecule has 0 aliphatic carbocycles. The van der Waals surface area contributed by atoms with E-state index in [0.717, 1.165) is 0 Å². The van der Waals surface area contributed by atoms with Crippen LogP contribution in [0.25, 0.3) is 0 Å². The SMILES string of the molecule is CCC(=O)Nc1ccc(C(=O)NCCP(C)(=O)O)cc1. The molecule has 1 atom stereocenters. The van der Waals surface area contributed by atoms with Crippen molar-refractivity contribution in [1.82, 2.24) is 5.32 Å². The molecule has 0 aliphatic heterocycles. The molecule has 6 nitrogen and oxygen atoms in total. The van der Waals surface area contributed by atoms with Gasteiger partial charge in [0.05, 0.1) is 0 Å². The minimum atomic E-state index is -3.10. The summed E-state index contributed by atoms with van der Waals surface area (Å²) >= 11 is 0. The van der Waals surface area contributed by atoms with Crippen molar-refractivity contribution in [3.63, 3.8) is 0 Å². The molecule has 0 heterocycles. The fourth-order valence-corrected chi connectivity index (χ4v) is 1.96. The van der Waals surface area contributed by atoms with Crippen molar-refractivity contribution >= 4 is 24.9 Å². The predicted octanol–water partition coefficient (Wildman–Crippen LogP) is 1.67. The maximum atomic E-state index is 11.8. The minimum Gasteiger partial charge on any atom is -0.351 e.